The van der Waals surface area contributed by atoms with Gasteiger partial charge in [-0.3, -0.25) is 19.8 Å². The van der Waals surface area contributed by atoms with Crippen LogP contribution in [0.5, 0.6) is 0 Å². The van der Waals surface area contributed by atoms with Gasteiger partial charge in [0.05, 0.1) is 6.61 Å². The number of nitrogens with zero attached hydrogens (tertiary/aromatic N) is 4. The van der Waals surface area contributed by atoms with E-state index in [-0.39, 0.29) is 18.7 Å². The lowest BCUT2D eigenvalue weighted by molar-refractivity contribution is -0.152. The van der Waals surface area contributed by atoms with Crippen LogP contribution in [0, 0.1) is 10.8 Å². The molecule has 0 aliphatic carbocycles. The molecule has 11 nitrogen and oxygen atoms in total. The third-order valence-electron chi connectivity index (χ3n) is 4.69. The SMILES string of the molecule is CC(C)(C)C(=O)C1(C)CN([C@H]2C[C@@](O)(N=[N+]=[N-])[C@@H](CO)O2)C(=O)NC1=O. The number of hydrogen-bond donors (Lipinski definition) is 3. The van der Waals surface area contributed by atoms with Crippen LogP contribution in [-0.4, -0.2) is 64.0 Å². The lowest BCUT2D eigenvalue weighted by Gasteiger charge is -2.42. The summed E-state index contributed by atoms with van der Waals surface area (Å²) in [5.74, 6) is -1.07. The second-order valence-corrected chi connectivity index (χ2v) is 7.83. The second kappa shape index (κ2) is 6.51. The Labute approximate surface area is 149 Å². The van der Waals surface area contributed by atoms with Crippen LogP contribution < -0.4 is 5.32 Å². The number of rotatable bonds is 4. The van der Waals surface area contributed by atoms with Gasteiger partial charge in [-0.2, -0.15) is 0 Å². The van der Waals surface area contributed by atoms with Crippen molar-refractivity contribution in [2.24, 2.45) is 15.9 Å². The highest BCUT2D eigenvalue weighted by atomic mass is 16.6. The van der Waals surface area contributed by atoms with Crippen molar-refractivity contribution in [1.29, 1.82) is 0 Å². The third kappa shape index (κ3) is 3.26. The summed E-state index contributed by atoms with van der Waals surface area (Å²) in [7, 11) is 0. The molecule has 11 heteroatoms. The van der Waals surface area contributed by atoms with E-state index in [1.165, 1.54) is 6.92 Å². The van der Waals surface area contributed by atoms with Crippen molar-refractivity contribution in [3.05, 3.63) is 10.4 Å². The number of aliphatic hydroxyl groups is 2. The third-order valence-corrected chi connectivity index (χ3v) is 4.69. The van der Waals surface area contributed by atoms with E-state index < -0.39 is 47.4 Å². The average Bonchev–Trinajstić information content (AvgIpc) is 2.86. The monoisotopic (exact) mass is 369 g/mol. The Morgan fingerprint density at radius 2 is 2.12 bits per heavy atom. The number of Topliss-reactive ketones (excluding diaryl/α,β-unsaturated/α-hetero) is 1. The zero-order valence-electron chi connectivity index (χ0n) is 15.1. The Morgan fingerprint density at radius 1 is 1.50 bits per heavy atom. The number of nitrogens with one attached hydrogen (secondary N) is 1. The van der Waals surface area contributed by atoms with Gasteiger partial charge in [-0.15, -0.1) is 0 Å². The highest BCUT2D eigenvalue weighted by Crippen LogP contribution is 2.38. The number of hydrogen-bond acceptors (Lipinski definition) is 7. The molecule has 144 valence electrons. The van der Waals surface area contributed by atoms with E-state index in [0.29, 0.717) is 0 Å². The Bertz CT molecular complexity index is 685. The van der Waals surface area contributed by atoms with Crippen LogP contribution in [0.15, 0.2) is 5.11 Å². The number of carbonyl (C=O) groups is 3. The molecule has 2 aliphatic rings. The van der Waals surface area contributed by atoms with Crippen molar-refractivity contribution in [3.8, 4) is 0 Å². The largest absolute Gasteiger partial charge is 0.394 e. The number of amides is 3. The Morgan fingerprint density at radius 3 is 2.62 bits per heavy atom. The van der Waals surface area contributed by atoms with Gasteiger partial charge in [0.1, 0.15) is 17.7 Å². The van der Waals surface area contributed by atoms with Crippen molar-refractivity contribution in [2.75, 3.05) is 13.2 Å². The van der Waals surface area contributed by atoms with Crippen molar-refractivity contribution in [2.45, 2.75) is 52.2 Å². The van der Waals surface area contributed by atoms with Crippen LogP contribution in [-0.2, 0) is 14.3 Å². The summed E-state index contributed by atoms with van der Waals surface area (Å²) >= 11 is 0. The molecule has 0 bridgehead atoms. The minimum Gasteiger partial charge on any atom is -0.394 e. The van der Waals surface area contributed by atoms with Crippen LogP contribution in [0.2, 0.25) is 0 Å². The molecule has 2 heterocycles. The fraction of sp³-hybridized carbons (Fsp3) is 0.800. The highest BCUT2D eigenvalue weighted by molar-refractivity contribution is 6.13. The molecule has 0 saturated carbocycles. The molecule has 0 aromatic heterocycles. The van der Waals surface area contributed by atoms with Crippen LogP contribution in [0.1, 0.15) is 34.1 Å². The summed E-state index contributed by atoms with van der Waals surface area (Å²) < 4.78 is 5.46. The molecule has 26 heavy (non-hydrogen) atoms. The minimum absolute atomic E-state index is 0.261. The summed E-state index contributed by atoms with van der Waals surface area (Å²) in [5.41, 5.74) is 4.24. The Hall–Kier alpha value is -2.20. The van der Waals surface area contributed by atoms with E-state index >= 15 is 0 Å². The summed E-state index contributed by atoms with van der Waals surface area (Å²) in [6.45, 7) is 5.55. The number of ether oxygens (including phenoxy) is 1. The zero-order chi connectivity index (χ0) is 19.9. The lowest BCUT2D eigenvalue weighted by atomic mass is 9.71. The summed E-state index contributed by atoms with van der Waals surface area (Å²) in [6.07, 6.45) is -2.62. The number of azide groups is 1. The fourth-order valence-corrected chi connectivity index (χ4v) is 3.32. The molecule has 0 spiro atoms. The van der Waals surface area contributed by atoms with Gasteiger partial charge in [0.25, 0.3) is 0 Å². The molecule has 3 N–H and O–H groups in total. The molecular formula is C15H23N5O6. The molecule has 2 rings (SSSR count). The van der Waals surface area contributed by atoms with E-state index in [1.807, 2.05) is 0 Å². The van der Waals surface area contributed by atoms with E-state index in [9.17, 15) is 24.6 Å². The molecule has 2 aliphatic heterocycles. The number of carbonyl (C=O) groups excluding carboxylic acids is 3. The first-order valence-corrected chi connectivity index (χ1v) is 8.11. The summed E-state index contributed by atoms with van der Waals surface area (Å²) in [5, 5.41) is 25.1. The van der Waals surface area contributed by atoms with Crippen LogP contribution in [0.3, 0.4) is 0 Å². The number of ketones is 1. The number of urea groups is 1. The first-order chi connectivity index (χ1) is 11.9. The summed E-state index contributed by atoms with van der Waals surface area (Å²) in [6, 6.07) is -0.791. The van der Waals surface area contributed by atoms with Crippen molar-refractivity contribution < 1.29 is 29.3 Å². The van der Waals surface area contributed by atoms with Crippen molar-refractivity contribution in [1.82, 2.24) is 10.2 Å². The van der Waals surface area contributed by atoms with E-state index in [0.717, 1.165) is 4.90 Å². The normalized spacial score (nSPS) is 35.1. The maximum Gasteiger partial charge on any atom is 0.326 e. The Balaban J connectivity index is 2.33. The first kappa shape index (κ1) is 20.1. The fourth-order valence-electron chi connectivity index (χ4n) is 3.32. The highest BCUT2D eigenvalue weighted by Gasteiger charge is 2.56. The maximum atomic E-state index is 12.8. The maximum absolute atomic E-state index is 12.8. The number of aliphatic hydroxyl groups excluding tert-OH is 1. The molecule has 2 fully saturated rings. The van der Waals surface area contributed by atoms with Crippen LogP contribution >= 0.6 is 0 Å². The topological polar surface area (TPSA) is 165 Å². The van der Waals surface area contributed by atoms with Gasteiger partial charge >= 0.3 is 6.03 Å². The van der Waals surface area contributed by atoms with E-state index in [2.05, 4.69) is 15.3 Å². The molecule has 0 aromatic rings. The molecular weight excluding hydrogens is 346 g/mol. The molecule has 0 radical (unpaired) electrons. The second-order valence-electron chi connectivity index (χ2n) is 7.83. The van der Waals surface area contributed by atoms with Gasteiger partial charge in [-0.25, -0.2) is 4.79 Å². The Kier molecular flexibility index (Phi) is 5.04. The van der Waals surface area contributed by atoms with Gasteiger partial charge in [0.2, 0.25) is 5.91 Å². The molecule has 4 atom stereocenters. The van der Waals surface area contributed by atoms with Gasteiger partial charge in [-0.1, -0.05) is 25.9 Å². The molecule has 3 amide bonds. The van der Waals surface area contributed by atoms with Gasteiger partial charge in [0, 0.05) is 23.3 Å². The molecule has 0 aromatic carbocycles. The van der Waals surface area contributed by atoms with E-state index in [4.69, 9.17) is 10.3 Å². The summed E-state index contributed by atoms with van der Waals surface area (Å²) in [4.78, 5) is 41.0. The quantitative estimate of drug-likeness (QED) is 0.278. The molecule has 1 unspecified atom stereocenters. The van der Waals surface area contributed by atoms with Crippen LogP contribution in [0.4, 0.5) is 4.79 Å². The lowest BCUT2D eigenvalue weighted by Crippen LogP contribution is -2.65. The van der Waals surface area contributed by atoms with Crippen LogP contribution in [0.25, 0.3) is 10.4 Å². The predicted octanol–water partition coefficient (Wildman–Crippen LogP) is 0.266. The first-order valence-electron chi connectivity index (χ1n) is 8.11. The standard InChI is InChI=1S/C15H23N5O6/c1-13(2,3)10(22)14(4)7-20(12(24)17-11(14)23)9-5-15(25,18-19-16)8(6-21)26-9/h8-9,21,25H,5-7H2,1-4H3,(H,17,23,24)/t8-,9-,14?,15+/m1/s1. The van der Waals surface area contributed by atoms with Gasteiger partial charge in [-0.05, 0) is 12.5 Å². The minimum atomic E-state index is -2.04. The van der Waals surface area contributed by atoms with Crippen molar-refractivity contribution >= 4 is 17.7 Å². The average molecular weight is 369 g/mol. The van der Waals surface area contributed by atoms with Gasteiger partial charge in [0.15, 0.2) is 11.5 Å². The zero-order valence-corrected chi connectivity index (χ0v) is 15.1. The number of imide groups is 1. The van der Waals surface area contributed by atoms with E-state index in [1.54, 1.807) is 20.8 Å². The van der Waals surface area contributed by atoms with Crippen molar-refractivity contribution in [3.63, 3.8) is 0 Å². The van der Waals surface area contributed by atoms with Gasteiger partial charge < -0.3 is 14.9 Å². The molecule has 2 saturated heterocycles. The smallest absolute Gasteiger partial charge is 0.326 e. The predicted molar refractivity (Wildman–Crippen MR) is 87.3 cm³/mol.